The summed E-state index contributed by atoms with van der Waals surface area (Å²) in [6, 6.07) is 0. The minimum Gasteiger partial charge on any atom is -0.481 e. The van der Waals surface area contributed by atoms with Gasteiger partial charge in [-0.2, -0.15) is 0 Å². The van der Waals surface area contributed by atoms with Gasteiger partial charge in [-0.1, -0.05) is 13.3 Å². The first-order valence-corrected chi connectivity index (χ1v) is 7.21. The van der Waals surface area contributed by atoms with E-state index in [9.17, 15) is 9.90 Å². The fourth-order valence-corrected chi connectivity index (χ4v) is 3.53. The van der Waals surface area contributed by atoms with Crippen LogP contribution in [0.3, 0.4) is 0 Å². The first-order chi connectivity index (χ1) is 8.57. The van der Waals surface area contributed by atoms with Crippen molar-refractivity contribution < 1.29 is 9.90 Å². The number of carbonyl (C=O) groups is 1. The third-order valence-corrected chi connectivity index (χ3v) is 4.83. The average molecular weight is 254 g/mol. The fourth-order valence-electron chi connectivity index (χ4n) is 3.53. The maximum absolute atomic E-state index is 11.5. The molecule has 2 saturated heterocycles. The molecule has 4 nitrogen and oxygen atoms in total. The lowest BCUT2D eigenvalue weighted by Gasteiger charge is -2.40. The van der Waals surface area contributed by atoms with Crippen molar-refractivity contribution in [2.24, 2.45) is 11.3 Å². The van der Waals surface area contributed by atoms with Crippen LogP contribution in [0.25, 0.3) is 0 Å². The van der Waals surface area contributed by atoms with Crippen molar-refractivity contribution in [1.29, 1.82) is 0 Å². The van der Waals surface area contributed by atoms with E-state index in [-0.39, 0.29) is 11.3 Å². The molecule has 1 N–H and O–H groups in total. The summed E-state index contributed by atoms with van der Waals surface area (Å²) in [7, 11) is 2.13. The summed E-state index contributed by atoms with van der Waals surface area (Å²) in [5.41, 5.74) is 0.0477. The Morgan fingerprint density at radius 3 is 2.61 bits per heavy atom. The Labute approximate surface area is 110 Å². The van der Waals surface area contributed by atoms with E-state index in [1.54, 1.807) is 0 Å². The van der Waals surface area contributed by atoms with Gasteiger partial charge in [0.1, 0.15) is 0 Å². The van der Waals surface area contributed by atoms with Crippen molar-refractivity contribution in [3.8, 4) is 0 Å². The summed E-state index contributed by atoms with van der Waals surface area (Å²) in [4.78, 5) is 16.2. The van der Waals surface area contributed by atoms with Crippen LogP contribution in [0.4, 0.5) is 0 Å². The summed E-state index contributed by atoms with van der Waals surface area (Å²) in [6.45, 7) is 7.11. The van der Waals surface area contributed by atoms with Crippen LogP contribution < -0.4 is 0 Å². The summed E-state index contributed by atoms with van der Waals surface area (Å²) < 4.78 is 0. The van der Waals surface area contributed by atoms with Gasteiger partial charge < -0.3 is 14.9 Å². The molecule has 0 bridgehead atoms. The molecule has 2 aliphatic rings. The van der Waals surface area contributed by atoms with Crippen molar-refractivity contribution in [3.63, 3.8) is 0 Å². The number of rotatable bonds is 4. The van der Waals surface area contributed by atoms with E-state index in [4.69, 9.17) is 0 Å². The van der Waals surface area contributed by atoms with E-state index >= 15 is 0 Å². The Morgan fingerprint density at radius 1 is 1.39 bits per heavy atom. The van der Waals surface area contributed by atoms with Gasteiger partial charge in [-0.25, -0.2) is 0 Å². The molecule has 1 spiro atoms. The monoisotopic (exact) mass is 254 g/mol. The molecule has 0 aromatic carbocycles. The van der Waals surface area contributed by atoms with Crippen molar-refractivity contribution >= 4 is 5.97 Å². The number of carboxylic acid groups (broad SMARTS) is 1. The molecule has 0 unspecified atom stereocenters. The highest BCUT2D eigenvalue weighted by molar-refractivity contribution is 5.72. The van der Waals surface area contributed by atoms with Crippen LogP contribution in [-0.2, 0) is 4.79 Å². The molecule has 104 valence electrons. The Bertz CT molecular complexity index is 298. The van der Waals surface area contributed by atoms with Crippen LogP contribution in [0.2, 0.25) is 0 Å². The minimum atomic E-state index is -0.585. The zero-order chi connectivity index (χ0) is 13.2. The Kier molecular flexibility index (Phi) is 4.28. The van der Waals surface area contributed by atoms with Gasteiger partial charge in [-0.15, -0.1) is 0 Å². The van der Waals surface area contributed by atoms with Crippen LogP contribution in [0, 0.1) is 11.3 Å². The predicted molar refractivity (Wildman–Crippen MR) is 71.6 cm³/mol. The number of hydrogen-bond donors (Lipinski definition) is 1. The van der Waals surface area contributed by atoms with Gasteiger partial charge in [-0.3, -0.25) is 4.79 Å². The third kappa shape index (κ3) is 2.69. The minimum absolute atomic E-state index is 0.0477. The van der Waals surface area contributed by atoms with E-state index in [0.29, 0.717) is 0 Å². The van der Waals surface area contributed by atoms with Crippen molar-refractivity contribution in [3.05, 3.63) is 0 Å². The topological polar surface area (TPSA) is 43.8 Å². The summed E-state index contributed by atoms with van der Waals surface area (Å²) in [5.74, 6) is -0.735. The van der Waals surface area contributed by atoms with Gasteiger partial charge in [0, 0.05) is 18.5 Å². The zero-order valence-corrected chi connectivity index (χ0v) is 11.7. The lowest BCUT2D eigenvalue weighted by atomic mass is 9.71. The second-order valence-electron chi connectivity index (χ2n) is 6.15. The van der Waals surface area contributed by atoms with Crippen LogP contribution in [0.5, 0.6) is 0 Å². The molecule has 0 aromatic rings. The molecule has 2 rings (SSSR count). The molecule has 0 saturated carbocycles. The lowest BCUT2D eigenvalue weighted by Crippen LogP contribution is -2.44. The third-order valence-electron chi connectivity index (χ3n) is 4.83. The average Bonchev–Trinajstić information content (AvgIpc) is 2.70. The van der Waals surface area contributed by atoms with Crippen molar-refractivity contribution in [2.45, 2.75) is 32.6 Å². The van der Waals surface area contributed by atoms with E-state index in [1.165, 1.54) is 12.8 Å². The Hall–Kier alpha value is -0.610. The van der Waals surface area contributed by atoms with E-state index in [1.807, 2.05) is 0 Å². The second-order valence-corrected chi connectivity index (χ2v) is 6.15. The number of carboxylic acids is 1. The van der Waals surface area contributed by atoms with Crippen molar-refractivity contribution in [2.75, 3.05) is 39.8 Å². The molecule has 0 aromatic heterocycles. The normalized spacial score (nSPS) is 28.9. The van der Waals surface area contributed by atoms with Gasteiger partial charge in [0.05, 0.1) is 5.92 Å². The molecule has 2 heterocycles. The maximum Gasteiger partial charge on any atom is 0.308 e. The molecule has 0 aliphatic carbocycles. The molecule has 4 heteroatoms. The van der Waals surface area contributed by atoms with Crippen LogP contribution in [-0.4, -0.2) is 60.6 Å². The van der Waals surface area contributed by atoms with E-state index in [0.717, 1.165) is 45.6 Å². The molecule has 0 amide bonds. The largest absolute Gasteiger partial charge is 0.481 e. The first-order valence-electron chi connectivity index (χ1n) is 7.21. The summed E-state index contributed by atoms with van der Waals surface area (Å²) in [6.07, 6.45) is 4.46. The predicted octanol–water partition coefficient (Wildman–Crippen LogP) is 1.51. The number of aliphatic carboxylic acids is 1. The van der Waals surface area contributed by atoms with Gasteiger partial charge in [0.2, 0.25) is 0 Å². The molecule has 2 fully saturated rings. The smallest absolute Gasteiger partial charge is 0.308 e. The van der Waals surface area contributed by atoms with Crippen molar-refractivity contribution in [1.82, 2.24) is 9.80 Å². The molecule has 1 atom stereocenters. The van der Waals surface area contributed by atoms with Gasteiger partial charge in [0.15, 0.2) is 0 Å². The number of nitrogens with zero attached hydrogens (tertiary/aromatic N) is 2. The van der Waals surface area contributed by atoms with Crippen LogP contribution >= 0.6 is 0 Å². The molecule has 2 aliphatic heterocycles. The van der Waals surface area contributed by atoms with Gasteiger partial charge >= 0.3 is 5.97 Å². The van der Waals surface area contributed by atoms with E-state index < -0.39 is 5.97 Å². The quantitative estimate of drug-likeness (QED) is 0.826. The lowest BCUT2D eigenvalue weighted by molar-refractivity contribution is -0.145. The summed E-state index contributed by atoms with van der Waals surface area (Å²) >= 11 is 0. The van der Waals surface area contributed by atoms with Gasteiger partial charge in [0.25, 0.3) is 0 Å². The van der Waals surface area contributed by atoms with Gasteiger partial charge in [-0.05, 0) is 45.9 Å². The molecule has 0 radical (unpaired) electrons. The first kappa shape index (κ1) is 13.8. The highest BCUT2D eigenvalue weighted by Gasteiger charge is 2.50. The number of unbranched alkanes of at least 4 members (excludes halogenated alkanes) is 1. The highest BCUT2D eigenvalue weighted by Crippen LogP contribution is 2.44. The Morgan fingerprint density at radius 2 is 2.06 bits per heavy atom. The molecule has 18 heavy (non-hydrogen) atoms. The standard InChI is InChI=1S/C14H26N2O2/c1-3-4-7-16-10-12(13(17)18)14(11-16)5-8-15(2)9-6-14/h12H,3-11H2,1-2H3,(H,17,18)/t12-/m1/s1. The van der Waals surface area contributed by atoms with Crippen LogP contribution in [0.15, 0.2) is 0 Å². The Balaban J connectivity index is 2.04. The number of hydrogen-bond acceptors (Lipinski definition) is 3. The van der Waals surface area contributed by atoms with Crippen LogP contribution in [0.1, 0.15) is 32.6 Å². The fraction of sp³-hybridized carbons (Fsp3) is 0.929. The maximum atomic E-state index is 11.5. The number of piperidine rings is 1. The summed E-state index contributed by atoms with van der Waals surface area (Å²) in [5, 5.41) is 9.50. The highest BCUT2D eigenvalue weighted by atomic mass is 16.4. The molecular formula is C14H26N2O2. The zero-order valence-electron chi connectivity index (χ0n) is 11.7. The SMILES string of the molecule is CCCCN1C[C@H](C(=O)O)C2(CCN(C)CC2)C1. The second kappa shape index (κ2) is 5.57. The molecular weight excluding hydrogens is 228 g/mol. The van der Waals surface area contributed by atoms with E-state index in [2.05, 4.69) is 23.8 Å². The number of likely N-dealkylation sites (tertiary alicyclic amines) is 2.